The molecule has 0 spiro atoms. The Kier molecular flexibility index (Phi) is 6.17. The van der Waals surface area contributed by atoms with E-state index in [4.69, 9.17) is 19.2 Å². The number of aryl methyl sites for hydroxylation is 1. The number of thiazole rings is 1. The molecule has 3 heterocycles. The average molecular weight is 525 g/mol. The van der Waals surface area contributed by atoms with E-state index in [0.717, 1.165) is 22.3 Å². The van der Waals surface area contributed by atoms with Gasteiger partial charge in [-0.15, -0.1) is 0 Å². The van der Waals surface area contributed by atoms with Crippen LogP contribution in [0.5, 0.6) is 11.5 Å². The number of ether oxygens (including phenoxy) is 3. The van der Waals surface area contributed by atoms with E-state index >= 15 is 0 Å². The molecule has 6 rings (SSSR count). The lowest BCUT2D eigenvalue weighted by Crippen LogP contribution is -2.40. The Morgan fingerprint density at radius 2 is 1.76 bits per heavy atom. The largest absolute Gasteiger partial charge is 0.463 e. The van der Waals surface area contributed by atoms with E-state index in [1.54, 1.807) is 11.5 Å². The summed E-state index contributed by atoms with van der Waals surface area (Å²) in [6.45, 7) is 4.11. The normalized spacial score (nSPS) is 16.3. The van der Waals surface area contributed by atoms with Gasteiger partial charge < -0.3 is 14.2 Å². The van der Waals surface area contributed by atoms with E-state index in [1.165, 1.54) is 11.3 Å². The average Bonchev–Trinajstić information content (AvgIpc) is 3.52. The minimum atomic E-state index is -0.693. The first kappa shape index (κ1) is 23.9. The fourth-order valence-electron chi connectivity index (χ4n) is 4.75. The maximum atomic E-state index is 14.0. The highest BCUT2D eigenvalue weighted by atomic mass is 32.1. The van der Waals surface area contributed by atoms with Crippen LogP contribution in [0.25, 0.3) is 11.8 Å². The van der Waals surface area contributed by atoms with Crippen molar-refractivity contribution in [2.45, 2.75) is 19.9 Å². The highest BCUT2D eigenvalue weighted by Crippen LogP contribution is 2.36. The topological polar surface area (TPSA) is 79.1 Å². The lowest BCUT2D eigenvalue weighted by atomic mass is 9.93. The van der Waals surface area contributed by atoms with Crippen LogP contribution in [0.15, 0.2) is 88.2 Å². The summed E-state index contributed by atoms with van der Waals surface area (Å²) in [5, 5.41) is 0. The van der Waals surface area contributed by atoms with Crippen LogP contribution in [0.2, 0.25) is 0 Å². The predicted molar refractivity (Wildman–Crippen MR) is 145 cm³/mol. The number of rotatable bonds is 5. The Morgan fingerprint density at radius 1 is 1.08 bits per heavy atom. The van der Waals surface area contributed by atoms with Crippen molar-refractivity contribution in [2.75, 3.05) is 13.4 Å². The molecular formula is C30H24N2O5S. The zero-order chi connectivity index (χ0) is 26.2. The molecule has 2 aliphatic rings. The molecule has 8 heteroatoms. The standard InChI is InChI=1S/C30H24N2O5S/c1-3-35-29(34)25-26(19-10-6-4-7-11-19)31-30-32(27(25)20-12-8-5-9-13-20)28(33)24(38-30)16-21-15-23-22(14-18(21)2)36-17-37-23/h4-16,27H,3,17H2,1-2H3/b24-16+. The third-order valence-electron chi connectivity index (χ3n) is 6.54. The number of fused-ring (bicyclic) bond motifs is 2. The van der Waals surface area contributed by atoms with Crippen LogP contribution in [0.1, 0.15) is 35.2 Å². The smallest absolute Gasteiger partial charge is 0.338 e. The molecule has 0 saturated carbocycles. The summed E-state index contributed by atoms with van der Waals surface area (Å²) in [4.78, 5) is 32.8. The van der Waals surface area contributed by atoms with Gasteiger partial charge in [0.05, 0.1) is 28.5 Å². The second-order valence-electron chi connectivity index (χ2n) is 8.90. The summed E-state index contributed by atoms with van der Waals surface area (Å²) in [5.41, 5.74) is 3.99. The van der Waals surface area contributed by atoms with E-state index in [-0.39, 0.29) is 19.0 Å². The third-order valence-corrected chi connectivity index (χ3v) is 7.52. The van der Waals surface area contributed by atoms with Crippen LogP contribution in [0.3, 0.4) is 0 Å². The van der Waals surface area contributed by atoms with Crippen molar-refractivity contribution in [1.29, 1.82) is 0 Å². The Labute approximate surface area is 222 Å². The molecule has 4 aromatic rings. The summed E-state index contributed by atoms with van der Waals surface area (Å²) >= 11 is 1.29. The first-order valence-electron chi connectivity index (χ1n) is 12.3. The molecular weight excluding hydrogens is 500 g/mol. The van der Waals surface area contributed by atoms with Gasteiger partial charge in [-0.3, -0.25) is 9.36 Å². The number of carbonyl (C=O) groups is 1. The van der Waals surface area contributed by atoms with Crippen LogP contribution in [0, 0.1) is 6.92 Å². The number of hydrogen-bond donors (Lipinski definition) is 0. The monoisotopic (exact) mass is 524 g/mol. The van der Waals surface area contributed by atoms with Gasteiger partial charge in [0.2, 0.25) is 6.79 Å². The molecule has 7 nitrogen and oxygen atoms in total. The minimum absolute atomic E-state index is 0.177. The van der Waals surface area contributed by atoms with Crippen LogP contribution >= 0.6 is 11.3 Å². The summed E-state index contributed by atoms with van der Waals surface area (Å²) in [6, 6.07) is 22.1. The van der Waals surface area contributed by atoms with E-state index in [2.05, 4.69) is 0 Å². The second kappa shape index (κ2) is 9.79. The molecule has 0 N–H and O–H groups in total. The molecule has 0 saturated heterocycles. The summed E-state index contributed by atoms with van der Waals surface area (Å²) in [5.74, 6) is 0.842. The summed E-state index contributed by atoms with van der Waals surface area (Å²) in [7, 11) is 0. The van der Waals surface area contributed by atoms with Crippen molar-refractivity contribution >= 4 is 29.1 Å². The SMILES string of the molecule is CCOC(=O)C1=C(c2ccccc2)N=c2s/c(=C/c3cc4c(cc3C)OCO4)c(=O)n2C1c1ccccc1. The van der Waals surface area contributed by atoms with Crippen molar-refractivity contribution < 1.29 is 19.0 Å². The maximum Gasteiger partial charge on any atom is 0.338 e. The van der Waals surface area contributed by atoms with Crippen molar-refractivity contribution in [2.24, 2.45) is 4.99 Å². The fourth-order valence-corrected chi connectivity index (χ4v) is 5.74. The molecule has 0 amide bonds. The van der Waals surface area contributed by atoms with Crippen LogP contribution in [-0.4, -0.2) is 23.9 Å². The third kappa shape index (κ3) is 4.13. The molecule has 38 heavy (non-hydrogen) atoms. The number of esters is 1. The summed E-state index contributed by atoms with van der Waals surface area (Å²) < 4.78 is 18.6. The lowest BCUT2D eigenvalue weighted by molar-refractivity contribution is -0.138. The first-order valence-corrected chi connectivity index (χ1v) is 13.1. The molecule has 3 aromatic carbocycles. The Bertz CT molecular complexity index is 1750. The zero-order valence-electron chi connectivity index (χ0n) is 20.8. The highest BCUT2D eigenvalue weighted by Gasteiger charge is 2.35. The van der Waals surface area contributed by atoms with E-state index in [9.17, 15) is 9.59 Å². The predicted octanol–water partition coefficient (Wildman–Crippen LogP) is 3.97. The molecule has 1 unspecified atom stereocenters. The Balaban J connectivity index is 1.62. The molecule has 0 aliphatic carbocycles. The lowest BCUT2D eigenvalue weighted by Gasteiger charge is -2.25. The molecule has 0 fully saturated rings. The highest BCUT2D eigenvalue weighted by molar-refractivity contribution is 7.07. The quantitative estimate of drug-likeness (QED) is 0.369. The van der Waals surface area contributed by atoms with Gasteiger partial charge >= 0.3 is 5.97 Å². The van der Waals surface area contributed by atoms with Crippen molar-refractivity contribution in [3.8, 4) is 11.5 Å². The number of hydrogen-bond acceptors (Lipinski definition) is 7. The number of carbonyl (C=O) groups excluding carboxylic acids is 1. The van der Waals surface area contributed by atoms with Gasteiger partial charge in [0.1, 0.15) is 0 Å². The van der Waals surface area contributed by atoms with Crippen molar-refractivity contribution in [1.82, 2.24) is 4.57 Å². The van der Waals surface area contributed by atoms with Crippen LogP contribution in [0.4, 0.5) is 0 Å². The molecule has 0 bridgehead atoms. The van der Waals surface area contributed by atoms with Crippen molar-refractivity contribution in [3.05, 3.63) is 120 Å². The number of nitrogens with zero attached hydrogens (tertiary/aromatic N) is 2. The Morgan fingerprint density at radius 3 is 2.47 bits per heavy atom. The molecule has 1 atom stereocenters. The van der Waals surface area contributed by atoms with Crippen LogP contribution < -0.4 is 24.4 Å². The summed E-state index contributed by atoms with van der Waals surface area (Å²) in [6.07, 6.45) is 1.85. The van der Waals surface area contributed by atoms with Gasteiger partial charge in [0.15, 0.2) is 16.3 Å². The van der Waals surface area contributed by atoms with E-state index in [1.807, 2.05) is 85.8 Å². The molecule has 2 aliphatic heterocycles. The van der Waals surface area contributed by atoms with Gasteiger partial charge in [0, 0.05) is 5.56 Å². The molecule has 1 aromatic heterocycles. The van der Waals surface area contributed by atoms with Gasteiger partial charge in [-0.1, -0.05) is 72.0 Å². The van der Waals surface area contributed by atoms with E-state index in [0.29, 0.717) is 32.1 Å². The molecule has 0 radical (unpaired) electrons. The van der Waals surface area contributed by atoms with Gasteiger partial charge in [-0.25, -0.2) is 9.79 Å². The second-order valence-corrected chi connectivity index (χ2v) is 9.91. The van der Waals surface area contributed by atoms with E-state index < -0.39 is 12.0 Å². The van der Waals surface area contributed by atoms with Gasteiger partial charge in [-0.2, -0.15) is 0 Å². The first-order chi connectivity index (χ1) is 18.5. The number of aromatic nitrogens is 1. The maximum absolute atomic E-state index is 14.0. The Hall–Kier alpha value is -4.43. The van der Waals surface area contributed by atoms with Crippen molar-refractivity contribution in [3.63, 3.8) is 0 Å². The zero-order valence-corrected chi connectivity index (χ0v) is 21.7. The fraction of sp³-hybridized carbons (Fsp3) is 0.167. The van der Waals surface area contributed by atoms with Gasteiger partial charge in [-0.05, 0) is 48.7 Å². The molecule has 190 valence electrons. The van der Waals surface area contributed by atoms with Gasteiger partial charge in [0.25, 0.3) is 5.56 Å². The number of benzene rings is 3. The minimum Gasteiger partial charge on any atom is -0.463 e. The van der Waals surface area contributed by atoms with Crippen LogP contribution in [-0.2, 0) is 9.53 Å².